The number of hydrogen-bond donors (Lipinski definition) is 1. The Morgan fingerprint density at radius 3 is 1.93 bits per heavy atom. The van der Waals surface area contributed by atoms with Gasteiger partial charge in [-0.05, 0) is 23.1 Å². The molecule has 15 heavy (non-hydrogen) atoms. The molecule has 0 aromatic heterocycles. The first-order valence-electron chi connectivity index (χ1n) is 4.76. The van der Waals surface area contributed by atoms with Crippen LogP contribution in [0.3, 0.4) is 0 Å². The Morgan fingerprint density at radius 2 is 1.33 bits per heavy atom. The summed E-state index contributed by atoms with van der Waals surface area (Å²) in [5, 5.41) is 10.7. The highest BCUT2D eigenvalue weighted by molar-refractivity contribution is 6.78. The molecule has 0 amide bonds. The molecule has 0 saturated heterocycles. The lowest BCUT2D eigenvalue weighted by molar-refractivity contribution is 0.600. The predicted molar refractivity (Wildman–Crippen MR) is 65.1 cm³/mol. The van der Waals surface area contributed by atoms with E-state index in [4.69, 9.17) is 11.6 Å². The van der Waals surface area contributed by atoms with E-state index in [1.807, 2.05) is 42.5 Å². The van der Waals surface area contributed by atoms with Gasteiger partial charge in [0.15, 0.2) is 0 Å². The Labute approximate surface area is 94.4 Å². The van der Waals surface area contributed by atoms with E-state index in [0.717, 1.165) is 10.9 Å². The molecule has 0 heterocycles. The van der Waals surface area contributed by atoms with Crippen LogP contribution in [0, 0.1) is 0 Å². The molecule has 74 valence electrons. The number of hydrogen-bond acceptors (Lipinski definition) is 1. The average Bonchev–Trinajstić information content (AvgIpc) is 2.30. The van der Waals surface area contributed by atoms with Crippen molar-refractivity contribution in [3.8, 4) is 0 Å². The monoisotopic (exact) mass is 216 g/mol. The van der Waals surface area contributed by atoms with Crippen molar-refractivity contribution in [1.82, 2.24) is 0 Å². The van der Waals surface area contributed by atoms with E-state index >= 15 is 0 Å². The van der Waals surface area contributed by atoms with Crippen LogP contribution >= 0.6 is 11.6 Å². The maximum Gasteiger partial charge on any atom is 0.358 e. The minimum Gasteiger partial charge on any atom is -0.443 e. The van der Waals surface area contributed by atoms with E-state index in [2.05, 4.69) is 0 Å². The van der Waals surface area contributed by atoms with E-state index in [1.54, 1.807) is 12.1 Å². The van der Waals surface area contributed by atoms with Gasteiger partial charge in [0.05, 0.1) is 0 Å². The van der Waals surface area contributed by atoms with Crippen LogP contribution in [0.5, 0.6) is 0 Å². The summed E-state index contributed by atoms with van der Waals surface area (Å²) in [5.41, 5.74) is 1.74. The standard InChI is InChI=1S/C12H10BClO/c14-12-8-6-11(7-9-12)13(15)10-4-2-1-3-5-10/h1-9,15H. The smallest absolute Gasteiger partial charge is 0.358 e. The molecular weight excluding hydrogens is 206 g/mol. The second kappa shape index (κ2) is 4.52. The van der Waals surface area contributed by atoms with Gasteiger partial charge in [0.25, 0.3) is 0 Å². The summed E-state index contributed by atoms with van der Waals surface area (Å²) in [6.45, 7) is -0.580. The summed E-state index contributed by atoms with van der Waals surface area (Å²) in [5.74, 6) is 0. The lowest BCUT2D eigenvalue weighted by Crippen LogP contribution is -2.41. The highest BCUT2D eigenvalue weighted by atomic mass is 35.5. The molecule has 3 heteroatoms. The molecular formula is C12H10BClO. The zero-order valence-electron chi connectivity index (χ0n) is 8.10. The highest BCUT2D eigenvalue weighted by Gasteiger charge is 2.15. The van der Waals surface area contributed by atoms with Crippen molar-refractivity contribution in [2.45, 2.75) is 0 Å². The summed E-state index contributed by atoms with van der Waals surface area (Å²) in [6.07, 6.45) is 0. The Kier molecular flexibility index (Phi) is 3.09. The molecule has 2 aromatic rings. The minimum atomic E-state index is -0.580. The van der Waals surface area contributed by atoms with Crippen molar-refractivity contribution in [3.63, 3.8) is 0 Å². The van der Waals surface area contributed by atoms with Gasteiger partial charge in [-0.1, -0.05) is 54.1 Å². The quantitative estimate of drug-likeness (QED) is 0.753. The molecule has 0 aliphatic heterocycles. The highest BCUT2D eigenvalue weighted by Crippen LogP contribution is 2.04. The van der Waals surface area contributed by atoms with E-state index in [1.165, 1.54) is 0 Å². The maximum absolute atomic E-state index is 10.0. The molecule has 0 unspecified atom stereocenters. The van der Waals surface area contributed by atoms with Crippen molar-refractivity contribution in [2.24, 2.45) is 0 Å². The molecule has 0 aliphatic rings. The second-order valence-electron chi connectivity index (χ2n) is 3.36. The van der Waals surface area contributed by atoms with Crippen LogP contribution in [0.1, 0.15) is 0 Å². The lowest BCUT2D eigenvalue weighted by Gasteiger charge is -2.06. The molecule has 0 atom stereocenters. The fraction of sp³-hybridized carbons (Fsp3) is 0. The van der Waals surface area contributed by atoms with Crippen LogP contribution in [0.15, 0.2) is 54.6 Å². The van der Waals surface area contributed by atoms with Crippen molar-refractivity contribution < 1.29 is 5.02 Å². The molecule has 0 aliphatic carbocycles. The summed E-state index contributed by atoms with van der Waals surface area (Å²) in [7, 11) is 0. The van der Waals surface area contributed by atoms with Gasteiger partial charge < -0.3 is 5.02 Å². The first kappa shape index (κ1) is 10.3. The van der Waals surface area contributed by atoms with Gasteiger partial charge in [-0.3, -0.25) is 0 Å². The van der Waals surface area contributed by atoms with E-state index in [0.29, 0.717) is 5.02 Å². The third-order valence-electron chi connectivity index (χ3n) is 2.30. The zero-order chi connectivity index (χ0) is 10.7. The van der Waals surface area contributed by atoms with E-state index in [-0.39, 0.29) is 0 Å². The molecule has 1 nitrogen and oxygen atoms in total. The third-order valence-corrected chi connectivity index (χ3v) is 2.55. The third kappa shape index (κ3) is 2.41. The second-order valence-corrected chi connectivity index (χ2v) is 3.80. The topological polar surface area (TPSA) is 20.2 Å². The van der Waals surface area contributed by atoms with Gasteiger partial charge in [-0.25, -0.2) is 0 Å². The van der Waals surface area contributed by atoms with Crippen molar-refractivity contribution in [3.05, 3.63) is 59.6 Å². The summed E-state index contributed by atoms with van der Waals surface area (Å²) in [4.78, 5) is 0. The molecule has 0 bridgehead atoms. The van der Waals surface area contributed by atoms with Gasteiger partial charge in [-0.15, -0.1) is 0 Å². The van der Waals surface area contributed by atoms with Crippen LogP contribution in [0.4, 0.5) is 0 Å². The predicted octanol–water partition coefficient (Wildman–Crippen LogP) is 1.44. The van der Waals surface area contributed by atoms with Gasteiger partial charge in [0.1, 0.15) is 0 Å². The van der Waals surface area contributed by atoms with E-state index in [9.17, 15) is 5.02 Å². The molecule has 2 rings (SSSR count). The first-order chi connectivity index (χ1) is 7.27. The Hall–Kier alpha value is -1.25. The van der Waals surface area contributed by atoms with Crippen LogP contribution in [-0.4, -0.2) is 11.9 Å². The molecule has 0 fully saturated rings. The Balaban J connectivity index is 2.29. The minimum absolute atomic E-state index is 0.580. The fourth-order valence-corrected chi connectivity index (χ4v) is 1.60. The first-order valence-corrected chi connectivity index (χ1v) is 5.13. The molecule has 0 saturated carbocycles. The van der Waals surface area contributed by atoms with Crippen molar-refractivity contribution >= 4 is 29.4 Å². The molecule has 0 spiro atoms. The Bertz CT molecular complexity index is 427. The van der Waals surface area contributed by atoms with E-state index < -0.39 is 6.92 Å². The average molecular weight is 216 g/mol. The van der Waals surface area contributed by atoms with Crippen LogP contribution < -0.4 is 10.9 Å². The largest absolute Gasteiger partial charge is 0.443 e. The number of halogens is 1. The molecule has 1 N–H and O–H groups in total. The maximum atomic E-state index is 10.0. The molecule has 2 aromatic carbocycles. The summed E-state index contributed by atoms with van der Waals surface area (Å²) < 4.78 is 0. The van der Waals surface area contributed by atoms with Crippen LogP contribution in [0.2, 0.25) is 5.02 Å². The van der Waals surface area contributed by atoms with Gasteiger partial charge in [-0.2, -0.15) is 0 Å². The van der Waals surface area contributed by atoms with Crippen molar-refractivity contribution in [2.75, 3.05) is 0 Å². The fourth-order valence-electron chi connectivity index (χ4n) is 1.47. The van der Waals surface area contributed by atoms with Crippen LogP contribution in [-0.2, 0) is 0 Å². The van der Waals surface area contributed by atoms with Gasteiger partial charge >= 0.3 is 6.92 Å². The van der Waals surface area contributed by atoms with Crippen LogP contribution in [0.25, 0.3) is 0 Å². The summed E-state index contributed by atoms with van der Waals surface area (Å²) >= 11 is 5.78. The zero-order valence-corrected chi connectivity index (χ0v) is 8.85. The molecule has 0 radical (unpaired) electrons. The SMILES string of the molecule is OB(c1ccccc1)c1ccc(Cl)cc1. The van der Waals surface area contributed by atoms with Gasteiger partial charge in [0, 0.05) is 5.02 Å². The van der Waals surface area contributed by atoms with Gasteiger partial charge in [0.2, 0.25) is 0 Å². The number of rotatable bonds is 2. The number of benzene rings is 2. The lowest BCUT2D eigenvalue weighted by atomic mass is 9.56. The Morgan fingerprint density at radius 1 is 0.800 bits per heavy atom. The normalized spacial score (nSPS) is 10.0. The summed E-state index contributed by atoms with van der Waals surface area (Å²) in [6, 6.07) is 16.8. The van der Waals surface area contributed by atoms with Crippen molar-refractivity contribution in [1.29, 1.82) is 0 Å².